The summed E-state index contributed by atoms with van der Waals surface area (Å²) in [5.74, 6) is 11.0. The van der Waals surface area contributed by atoms with Gasteiger partial charge in [0.25, 0.3) is 0 Å². The lowest BCUT2D eigenvalue weighted by Crippen LogP contribution is -2.32. The fraction of sp³-hybridized carbons (Fsp3) is 0.250. The van der Waals surface area contributed by atoms with E-state index in [9.17, 15) is 0 Å². The van der Waals surface area contributed by atoms with E-state index in [1.807, 2.05) is 127 Å². The number of hydrogen-bond acceptors (Lipinski definition) is 4. The molecule has 0 atom stereocenters. The van der Waals surface area contributed by atoms with Crippen molar-refractivity contribution in [1.82, 2.24) is 5.43 Å². The molecule has 5 nitrogen and oxygen atoms in total. The molecule has 0 aliphatic rings. The molecule has 0 radical (unpaired) electrons. The minimum atomic E-state index is 0.442. The Balaban J connectivity index is -0.000000511. The molecule has 0 aliphatic heterocycles. The summed E-state index contributed by atoms with van der Waals surface area (Å²) in [5.41, 5.74) is 6.17. The second-order valence-corrected chi connectivity index (χ2v) is 6.79. The van der Waals surface area contributed by atoms with Gasteiger partial charge < -0.3 is 11.3 Å². The Morgan fingerprint density at radius 1 is 0.919 bits per heavy atom. The van der Waals surface area contributed by atoms with E-state index in [0.29, 0.717) is 5.84 Å². The number of nitrogens with two attached hydrogens (primary N) is 2. The zero-order valence-electron chi connectivity index (χ0n) is 24.0. The van der Waals surface area contributed by atoms with Crippen molar-refractivity contribution in [3.63, 3.8) is 0 Å². The first-order valence-corrected chi connectivity index (χ1v) is 12.5. The Bertz CT molecular complexity index is 955. The highest BCUT2D eigenvalue weighted by atomic mass is 15.3. The van der Waals surface area contributed by atoms with Gasteiger partial charge in [-0.1, -0.05) is 112 Å². The summed E-state index contributed by atoms with van der Waals surface area (Å²) in [6.07, 6.45) is 27.0. The second-order valence-electron chi connectivity index (χ2n) is 6.79. The predicted octanol–water partition coefficient (Wildman–Crippen LogP) is 8.19. The third kappa shape index (κ3) is 23.5. The van der Waals surface area contributed by atoms with Crippen LogP contribution in [-0.2, 0) is 0 Å². The fourth-order valence-electron chi connectivity index (χ4n) is 2.35. The van der Waals surface area contributed by atoms with Crippen molar-refractivity contribution in [2.45, 2.75) is 54.9 Å². The van der Waals surface area contributed by atoms with Crippen molar-refractivity contribution >= 4 is 18.6 Å². The van der Waals surface area contributed by atoms with Crippen molar-refractivity contribution in [3.8, 4) is 0 Å². The van der Waals surface area contributed by atoms with Crippen LogP contribution in [0.4, 0.5) is 0 Å². The number of amidine groups is 1. The van der Waals surface area contributed by atoms with E-state index in [1.165, 1.54) is 0 Å². The standard InChI is InChI=1S/C14H18N4.C9H14.C7H11N.C2H6/c1-3-5-11(2)8-9-12-6-4-7-13(10-12)14(17-15)18-16;1-3-5-7-9-8-6-4-2;1-4-6-7(5-2)8-3;1-2/h3-10H,2,15-16H2,1H3,(H,17,18);3-7,9H,8H2,1-2H3;4-6H,3H2,1-2H3;1-2H3/b5-3-,9-8-;5-3+,6-4-,9-7+;6-4-,7-5+;. The van der Waals surface area contributed by atoms with E-state index in [0.717, 1.165) is 28.8 Å². The first-order valence-electron chi connectivity index (χ1n) is 12.5. The lowest BCUT2D eigenvalue weighted by atomic mass is 10.1. The van der Waals surface area contributed by atoms with Crippen molar-refractivity contribution in [2.75, 3.05) is 0 Å². The van der Waals surface area contributed by atoms with Crippen LogP contribution in [0.15, 0.2) is 125 Å². The molecule has 0 heterocycles. The molecule has 0 unspecified atom stereocenters. The molecule has 0 amide bonds. The number of aliphatic imine (C=N–C) groups is 1. The van der Waals surface area contributed by atoms with E-state index in [2.05, 4.69) is 53.1 Å². The van der Waals surface area contributed by atoms with Crippen molar-refractivity contribution in [2.24, 2.45) is 21.8 Å². The zero-order valence-corrected chi connectivity index (χ0v) is 24.0. The molecule has 37 heavy (non-hydrogen) atoms. The quantitative estimate of drug-likeness (QED) is 0.0792. The van der Waals surface area contributed by atoms with Gasteiger partial charge in [0, 0.05) is 5.56 Å². The van der Waals surface area contributed by atoms with Crippen LogP contribution in [0.5, 0.6) is 0 Å². The number of nitrogens with zero attached hydrogens (tertiary/aromatic N) is 2. The van der Waals surface area contributed by atoms with Gasteiger partial charge in [-0.25, -0.2) is 5.84 Å². The van der Waals surface area contributed by atoms with E-state index in [-0.39, 0.29) is 0 Å². The van der Waals surface area contributed by atoms with Crippen LogP contribution in [0.3, 0.4) is 0 Å². The highest BCUT2D eigenvalue weighted by molar-refractivity contribution is 5.98. The van der Waals surface area contributed by atoms with E-state index < -0.39 is 0 Å². The SMILES string of the molecule is C/C=C\C/C=C/C=C/C.C=C(/C=C\C)/C=C\c1cccc(/C(=N/N)NN)c1.C=NC(/C=C\C)=C/C.CC. The minimum Gasteiger partial charge on any atom is -0.321 e. The fourth-order valence-corrected chi connectivity index (χ4v) is 2.35. The Morgan fingerprint density at radius 3 is 2.05 bits per heavy atom. The van der Waals surface area contributed by atoms with E-state index in [1.54, 1.807) is 0 Å². The number of rotatable bonds is 9. The van der Waals surface area contributed by atoms with E-state index >= 15 is 0 Å². The molecular formula is C32H49N5. The highest BCUT2D eigenvalue weighted by Crippen LogP contribution is 2.09. The minimum absolute atomic E-state index is 0.442. The topological polar surface area (TPSA) is 88.8 Å². The molecule has 0 saturated heterocycles. The maximum absolute atomic E-state index is 5.33. The predicted molar refractivity (Wildman–Crippen MR) is 170 cm³/mol. The van der Waals surface area contributed by atoms with E-state index in [4.69, 9.17) is 11.7 Å². The van der Waals surface area contributed by atoms with Crippen molar-refractivity contribution < 1.29 is 0 Å². The van der Waals surface area contributed by atoms with Crippen LogP contribution in [0.1, 0.15) is 66.0 Å². The first kappa shape index (κ1) is 37.6. The van der Waals surface area contributed by atoms with Crippen molar-refractivity contribution in [1.29, 1.82) is 0 Å². The average molecular weight is 504 g/mol. The van der Waals surface area contributed by atoms with Crippen LogP contribution < -0.4 is 17.1 Å². The van der Waals surface area contributed by atoms with Gasteiger partial charge in [-0.05, 0) is 71.0 Å². The molecule has 0 aliphatic carbocycles. The molecule has 0 saturated carbocycles. The van der Waals surface area contributed by atoms with Gasteiger partial charge in [0.05, 0.1) is 5.70 Å². The maximum Gasteiger partial charge on any atom is 0.166 e. The molecule has 1 aromatic rings. The van der Waals surface area contributed by atoms with Crippen LogP contribution in [-0.4, -0.2) is 12.6 Å². The second kappa shape index (κ2) is 30.1. The highest BCUT2D eigenvalue weighted by Gasteiger charge is 2.00. The Hall–Kier alpha value is -3.96. The third-order valence-corrected chi connectivity index (χ3v) is 4.06. The smallest absolute Gasteiger partial charge is 0.166 e. The van der Waals surface area contributed by atoms with Crippen LogP contribution in [0, 0.1) is 0 Å². The maximum atomic E-state index is 5.33. The van der Waals surface area contributed by atoms with Gasteiger partial charge >= 0.3 is 0 Å². The Kier molecular flexibility index (Phi) is 30.5. The number of hydrogen-bond donors (Lipinski definition) is 3. The number of allylic oxidation sites excluding steroid dienone is 13. The molecule has 0 bridgehead atoms. The molecule has 0 aromatic heterocycles. The summed E-state index contributed by atoms with van der Waals surface area (Å²) in [6, 6.07) is 7.71. The van der Waals surface area contributed by atoms with Gasteiger partial charge in [0.1, 0.15) is 0 Å². The molecule has 1 rings (SSSR count). The Labute approximate surface area is 226 Å². The molecule has 202 valence electrons. The van der Waals surface area contributed by atoms with Crippen molar-refractivity contribution in [3.05, 3.63) is 126 Å². The monoisotopic (exact) mass is 503 g/mol. The normalized spacial score (nSPS) is 11.9. The number of benzene rings is 1. The number of nitrogens with one attached hydrogen (secondary N) is 1. The van der Waals surface area contributed by atoms with Crippen LogP contribution in [0.25, 0.3) is 6.08 Å². The summed E-state index contributed by atoms with van der Waals surface area (Å²) < 4.78 is 0. The molecule has 1 aromatic carbocycles. The molecule has 0 spiro atoms. The summed E-state index contributed by atoms with van der Waals surface area (Å²) in [4.78, 5) is 3.72. The molecule has 5 heteroatoms. The van der Waals surface area contributed by atoms with Crippen LogP contribution in [0.2, 0.25) is 0 Å². The number of hydrazone groups is 1. The van der Waals surface area contributed by atoms with Crippen LogP contribution >= 0.6 is 0 Å². The first-order chi connectivity index (χ1) is 18.0. The van der Waals surface area contributed by atoms with Gasteiger partial charge in [0.15, 0.2) is 5.84 Å². The van der Waals surface area contributed by atoms with Gasteiger partial charge in [-0.2, -0.15) is 5.10 Å². The molecular weight excluding hydrogens is 454 g/mol. The lowest BCUT2D eigenvalue weighted by molar-refractivity contribution is 1.00. The largest absolute Gasteiger partial charge is 0.321 e. The van der Waals surface area contributed by atoms with Gasteiger partial charge in [0.2, 0.25) is 0 Å². The summed E-state index contributed by atoms with van der Waals surface area (Å²) >= 11 is 0. The lowest BCUT2D eigenvalue weighted by Gasteiger charge is -2.04. The average Bonchev–Trinajstić information content (AvgIpc) is 2.93. The third-order valence-electron chi connectivity index (χ3n) is 4.06. The molecule has 5 N–H and O–H groups in total. The van der Waals surface area contributed by atoms with Gasteiger partial charge in [-0.3, -0.25) is 4.99 Å². The molecule has 0 fully saturated rings. The summed E-state index contributed by atoms with van der Waals surface area (Å²) in [7, 11) is 0. The summed E-state index contributed by atoms with van der Waals surface area (Å²) in [6.45, 7) is 21.2. The zero-order chi connectivity index (χ0) is 28.7. The summed E-state index contributed by atoms with van der Waals surface area (Å²) in [5, 5.41) is 3.57. The van der Waals surface area contributed by atoms with Gasteiger partial charge in [-0.15, -0.1) is 0 Å². The number of hydrazine groups is 1. The Morgan fingerprint density at radius 2 is 1.59 bits per heavy atom.